The van der Waals surface area contributed by atoms with Gasteiger partial charge >= 0.3 is 6.03 Å². The normalized spacial score (nSPS) is 10.4. The smallest absolute Gasteiger partial charge is 0.325 e. The van der Waals surface area contributed by atoms with Crippen LogP contribution in [0.15, 0.2) is 60.8 Å². The van der Waals surface area contributed by atoms with Gasteiger partial charge in [-0.05, 0) is 29.8 Å². The second-order valence-corrected chi connectivity index (χ2v) is 5.57. The molecule has 0 aliphatic carbocycles. The molecule has 0 saturated carbocycles. The van der Waals surface area contributed by atoms with Crippen LogP contribution in [0, 0.1) is 0 Å². The minimum Gasteiger partial charge on any atom is -0.508 e. The number of hydrogen-bond donors (Lipinski definition) is 2. The van der Waals surface area contributed by atoms with Crippen LogP contribution in [0.4, 0.5) is 15.6 Å². The summed E-state index contributed by atoms with van der Waals surface area (Å²) >= 11 is 1.37. The fourth-order valence-electron chi connectivity index (χ4n) is 2.04. The number of nitrogens with zero attached hydrogens (tertiary/aromatic N) is 2. The molecule has 0 saturated heterocycles. The fraction of sp³-hybridized carbons (Fsp3) is 0. The third kappa shape index (κ3) is 2.77. The molecule has 0 unspecified atom stereocenters. The third-order valence-corrected chi connectivity index (χ3v) is 4.10. The number of primary amides is 1. The average Bonchev–Trinajstić information content (AvgIpc) is 2.99. The third-order valence-electron chi connectivity index (χ3n) is 3.07. The molecular formula is C16H13N3O2S. The lowest BCUT2D eigenvalue weighted by Crippen LogP contribution is -2.31. The zero-order valence-electron chi connectivity index (χ0n) is 11.5. The molecule has 2 aromatic carbocycles. The van der Waals surface area contributed by atoms with Crippen molar-refractivity contribution in [3.8, 4) is 16.2 Å². The van der Waals surface area contributed by atoms with E-state index >= 15 is 0 Å². The van der Waals surface area contributed by atoms with Crippen LogP contribution in [0.25, 0.3) is 10.4 Å². The number of amides is 2. The SMILES string of the molecule is NC(=O)N(c1ccc(O)cc1)c1ncc(-c2ccccc2)s1. The summed E-state index contributed by atoms with van der Waals surface area (Å²) in [6.45, 7) is 0. The summed E-state index contributed by atoms with van der Waals surface area (Å²) in [4.78, 5) is 18.3. The second kappa shape index (κ2) is 5.87. The Kier molecular flexibility index (Phi) is 3.76. The van der Waals surface area contributed by atoms with Crippen LogP contribution in [0.5, 0.6) is 5.75 Å². The molecule has 3 N–H and O–H groups in total. The van der Waals surface area contributed by atoms with E-state index in [2.05, 4.69) is 4.98 Å². The van der Waals surface area contributed by atoms with Gasteiger partial charge in [-0.1, -0.05) is 41.7 Å². The molecule has 110 valence electrons. The van der Waals surface area contributed by atoms with E-state index in [1.807, 2.05) is 30.3 Å². The van der Waals surface area contributed by atoms with E-state index in [4.69, 9.17) is 5.73 Å². The summed E-state index contributed by atoms with van der Waals surface area (Å²) in [7, 11) is 0. The highest BCUT2D eigenvalue weighted by atomic mass is 32.1. The van der Waals surface area contributed by atoms with Gasteiger partial charge in [-0.25, -0.2) is 14.7 Å². The van der Waals surface area contributed by atoms with Crippen LogP contribution in [-0.2, 0) is 0 Å². The molecule has 22 heavy (non-hydrogen) atoms. The van der Waals surface area contributed by atoms with E-state index in [0.29, 0.717) is 10.8 Å². The number of anilines is 2. The van der Waals surface area contributed by atoms with Crippen molar-refractivity contribution in [2.75, 3.05) is 4.90 Å². The van der Waals surface area contributed by atoms with Gasteiger partial charge in [0.2, 0.25) is 0 Å². The largest absolute Gasteiger partial charge is 0.508 e. The van der Waals surface area contributed by atoms with Crippen LogP contribution in [0.1, 0.15) is 0 Å². The Hall–Kier alpha value is -2.86. The monoisotopic (exact) mass is 311 g/mol. The number of carbonyl (C=O) groups is 1. The Labute approximate surface area is 131 Å². The molecule has 0 aliphatic heterocycles. The molecule has 0 fully saturated rings. The first-order chi connectivity index (χ1) is 10.6. The van der Waals surface area contributed by atoms with Crippen LogP contribution in [-0.4, -0.2) is 16.1 Å². The van der Waals surface area contributed by atoms with E-state index in [1.165, 1.54) is 28.4 Å². The van der Waals surface area contributed by atoms with Crippen LogP contribution in [0.2, 0.25) is 0 Å². The number of phenols is 1. The van der Waals surface area contributed by atoms with E-state index in [1.54, 1.807) is 18.3 Å². The van der Waals surface area contributed by atoms with E-state index < -0.39 is 6.03 Å². The van der Waals surface area contributed by atoms with Crippen molar-refractivity contribution in [1.82, 2.24) is 4.98 Å². The van der Waals surface area contributed by atoms with Gasteiger partial charge in [-0.2, -0.15) is 0 Å². The van der Waals surface area contributed by atoms with Gasteiger partial charge in [-0.15, -0.1) is 0 Å². The maximum atomic E-state index is 11.8. The number of benzene rings is 2. The molecule has 0 aliphatic rings. The summed E-state index contributed by atoms with van der Waals surface area (Å²) in [5, 5.41) is 9.84. The van der Waals surface area contributed by atoms with Gasteiger partial charge in [0, 0.05) is 6.20 Å². The number of phenolic OH excluding ortho intramolecular Hbond substituents is 1. The molecule has 0 atom stereocenters. The van der Waals surface area contributed by atoms with Gasteiger partial charge in [0.15, 0.2) is 5.13 Å². The van der Waals surface area contributed by atoms with Crippen LogP contribution >= 0.6 is 11.3 Å². The minimum absolute atomic E-state index is 0.122. The molecule has 1 aromatic heterocycles. The summed E-state index contributed by atoms with van der Waals surface area (Å²) < 4.78 is 0. The zero-order valence-corrected chi connectivity index (χ0v) is 12.3. The lowest BCUT2D eigenvalue weighted by atomic mass is 10.2. The quantitative estimate of drug-likeness (QED) is 0.773. The highest BCUT2D eigenvalue weighted by Gasteiger charge is 2.19. The van der Waals surface area contributed by atoms with Crippen molar-refractivity contribution in [2.24, 2.45) is 5.73 Å². The van der Waals surface area contributed by atoms with Crippen LogP contribution in [0.3, 0.4) is 0 Å². The molecule has 0 spiro atoms. The Morgan fingerprint density at radius 1 is 1.09 bits per heavy atom. The lowest BCUT2D eigenvalue weighted by molar-refractivity contribution is 0.256. The highest BCUT2D eigenvalue weighted by Crippen LogP contribution is 2.34. The van der Waals surface area contributed by atoms with Gasteiger partial charge in [0.1, 0.15) is 5.75 Å². The first kappa shape index (κ1) is 14.1. The number of aromatic hydroxyl groups is 1. The van der Waals surface area contributed by atoms with Crippen molar-refractivity contribution in [3.05, 3.63) is 60.8 Å². The van der Waals surface area contributed by atoms with Gasteiger partial charge in [-0.3, -0.25) is 0 Å². The molecule has 5 nitrogen and oxygen atoms in total. The van der Waals surface area contributed by atoms with Gasteiger partial charge in [0.05, 0.1) is 10.6 Å². The topological polar surface area (TPSA) is 79.5 Å². The number of aromatic nitrogens is 1. The Morgan fingerprint density at radius 3 is 2.41 bits per heavy atom. The predicted octanol–water partition coefficient (Wildman–Crippen LogP) is 3.73. The molecule has 0 radical (unpaired) electrons. The second-order valence-electron chi connectivity index (χ2n) is 4.56. The van der Waals surface area contributed by atoms with Gasteiger partial charge in [0.25, 0.3) is 0 Å². The number of urea groups is 1. The zero-order chi connectivity index (χ0) is 15.5. The Morgan fingerprint density at radius 2 is 1.77 bits per heavy atom. The summed E-state index contributed by atoms with van der Waals surface area (Å²) in [5.41, 5.74) is 7.06. The molecule has 2 amide bonds. The fourth-order valence-corrected chi connectivity index (χ4v) is 2.99. The number of hydrogen-bond acceptors (Lipinski definition) is 4. The minimum atomic E-state index is -0.625. The standard InChI is InChI=1S/C16H13N3O2S/c17-15(21)19(12-6-8-13(20)9-7-12)16-18-10-14(22-16)11-4-2-1-3-5-11/h1-10,20H,(H2,17,21). The maximum Gasteiger partial charge on any atom is 0.325 e. The van der Waals surface area contributed by atoms with Crippen molar-refractivity contribution in [1.29, 1.82) is 0 Å². The predicted molar refractivity (Wildman–Crippen MR) is 87.4 cm³/mol. The average molecular weight is 311 g/mol. The Bertz CT molecular complexity index is 785. The Balaban J connectivity index is 1.98. The van der Waals surface area contributed by atoms with Gasteiger partial charge < -0.3 is 10.8 Å². The maximum absolute atomic E-state index is 11.8. The molecule has 1 heterocycles. The number of carbonyl (C=O) groups excluding carboxylic acids is 1. The first-order valence-corrected chi connectivity index (χ1v) is 7.36. The van der Waals surface area contributed by atoms with Crippen molar-refractivity contribution in [2.45, 2.75) is 0 Å². The van der Waals surface area contributed by atoms with E-state index in [0.717, 1.165) is 10.4 Å². The molecule has 3 aromatic rings. The molecule has 0 bridgehead atoms. The number of nitrogens with two attached hydrogens (primary N) is 1. The van der Waals surface area contributed by atoms with E-state index in [-0.39, 0.29) is 5.75 Å². The molecule has 6 heteroatoms. The first-order valence-electron chi connectivity index (χ1n) is 6.55. The lowest BCUT2D eigenvalue weighted by Gasteiger charge is -2.17. The summed E-state index contributed by atoms with van der Waals surface area (Å²) in [5.74, 6) is 0.122. The van der Waals surface area contributed by atoms with Crippen LogP contribution < -0.4 is 10.6 Å². The summed E-state index contributed by atoms with van der Waals surface area (Å²) in [6, 6.07) is 15.4. The number of thiazole rings is 1. The van der Waals surface area contributed by atoms with Crippen molar-refractivity contribution in [3.63, 3.8) is 0 Å². The van der Waals surface area contributed by atoms with Crippen molar-refractivity contribution >= 4 is 28.2 Å². The summed E-state index contributed by atoms with van der Waals surface area (Å²) in [6.07, 6.45) is 1.71. The van der Waals surface area contributed by atoms with E-state index in [9.17, 15) is 9.90 Å². The highest BCUT2D eigenvalue weighted by molar-refractivity contribution is 7.19. The molecular weight excluding hydrogens is 298 g/mol. The number of rotatable bonds is 3. The molecule has 3 rings (SSSR count). The van der Waals surface area contributed by atoms with Crippen molar-refractivity contribution < 1.29 is 9.90 Å².